The van der Waals surface area contributed by atoms with Crippen LogP contribution in [-0.4, -0.2) is 50.2 Å². The second-order valence-corrected chi connectivity index (χ2v) is 6.74. The largest absolute Gasteiger partial charge is 0.497 e. The lowest BCUT2D eigenvalue weighted by atomic mass is 10.1. The van der Waals surface area contributed by atoms with Gasteiger partial charge in [0.05, 0.1) is 29.9 Å². The number of rotatable bonds is 6. The SMILES string of the molecule is COc1ccc(OC)c(CN2CCN(c3ccc([N+](=O)[O-])cc3Cl)CC2)c1. The van der Waals surface area contributed by atoms with Crippen LogP contribution in [0.4, 0.5) is 11.4 Å². The Morgan fingerprint density at radius 1 is 1.07 bits per heavy atom. The second-order valence-electron chi connectivity index (χ2n) is 6.33. The van der Waals surface area contributed by atoms with E-state index in [-0.39, 0.29) is 5.69 Å². The highest BCUT2D eigenvalue weighted by atomic mass is 35.5. The number of ether oxygens (including phenoxy) is 2. The van der Waals surface area contributed by atoms with Gasteiger partial charge in [0.2, 0.25) is 0 Å². The predicted octanol–water partition coefficient (Wildman–Crippen LogP) is 3.59. The van der Waals surface area contributed by atoms with Crippen LogP contribution in [0, 0.1) is 10.1 Å². The number of hydrogen-bond donors (Lipinski definition) is 0. The van der Waals surface area contributed by atoms with Crippen LogP contribution in [0.15, 0.2) is 36.4 Å². The smallest absolute Gasteiger partial charge is 0.271 e. The number of nitrogens with zero attached hydrogens (tertiary/aromatic N) is 3. The molecule has 0 atom stereocenters. The van der Waals surface area contributed by atoms with E-state index >= 15 is 0 Å². The van der Waals surface area contributed by atoms with E-state index in [0.717, 1.165) is 55.5 Å². The summed E-state index contributed by atoms with van der Waals surface area (Å²) < 4.78 is 10.8. The summed E-state index contributed by atoms with van der Waals surface area (Å²) in [6, 6.07) is 10.4. The molecule has 0 unspecified atom stereocenters. The van der Waals surface area contributed by atoms with E-state index in [1.165, 1.54) is 12.1 Å². The molecule has 3 rings (SSSR count). The lowest BCUT2D eigenvalue weighted by molar-refractivity contribution is -0.384. The molecule has 0 spiro atoms. The first-order valence-corrected chi connectivity index (χ1v) is 9.01. The van der Waals surface area contributed by atoms with E-state index in [4.69, 9.17) is 21.1 Å². The lowest BCUT2D eigenvalue weighted by Gasteiger charge is -2.36. The predicted molar refractivity (Wildman–Crippen MR) is 105 cm³/mol. The molecule has 2 aromatic carbocycles. The van der Waals surface area contributed by atoms with Crippen LogP contribution in [0.1, 0.15) is 5.56 Å². The summed E-state index contributed by atoms with van der Waals surface area (Å²) in [6.07, 6.45) is 0. The fourth-order valence-electron chi connectivity index (χ4n) is 3.26. The van der Waals surface area contributed by atoms with Crippen molar-refractivity contribution in [3.8, 4) is 11.5 Å². The Labute approximate surface area is 163 Å². The van der Waals surface area contributed by atoms with Gasteiger partial charge < -0.3 is 14.4 Å². The number of halogens is 1. The maximum absolute atomic E-state index is 10.9. The van der Waals surface area contributed by atoms with Gasteiger partial charge in [0.1, 0.15) is 11.5 Å². The summed E-state index contributed by atoms with van der Waals surface area (Å²) in [5.74, 6) is 1.65. The van der Waals surface area contributed by atoms with E-state index in [9.17, 15) is 10.1 Å². The number of nitro benzene ring substituents is 1. The van der Waals surface area contributed by atoms with Crippen LogP contribution in [0.2, 0.25) is 5.02 Å². The van der Waals surface area contributed by atoms with Crippen molar-refractivity contribution in [3.63, 3.8) is 0 Å². The zero-order chi connectivity index (χ0) is 19.4. The fourth-order valence-corrected chi connectivity index (χ4v) is 3.55. The third-order valence-electron chi connectivity index (χ3n) is 4.74. The standard InChI is InChI=1S/C19H22ClN3O4/c1-26-16-4-6-19(27-2)14(11-16)13-21-7-9-22(10-8-21)18-5-3-15(23(24)25)12-17(18)20/h3-6,11-12H,7-10,13H2,1-2H3. The van der Waals surface area contributed by atoms with Gasteiger partial charge >= 0.3 is 0 Å². The van der Waals surface area contributed by atoms with Crippen molar-refractivity contribution in [2.45, 2.75) is 6.54 Å². The molecule has 0 saturated carbocycles. The molecule has 2 aromatic rings. The van der Waals surface area contributed by atoms with Crippen molar-refractivity contribution in [2.24, 2.45) is 0 Å². The van der Waals surface area contributed by atoms with Crippen molar-refractivity contribution in [2.75, 3.05) is 45.3 Å². The van der Waals surface area contributed by atoms with Gasteiger partial charge in [-0.05, 0) is 24.3 Å². The molecule has 27 heavy (non-hydrogen) atoms. The Morgan fingerprint density at radius 2 is 1.81 bits per heavy atom. The third kappa shape index (κ3) is 4.43. The summed E-state index contributed by atoms with van der Waals surface area (Å²) in [5, 5.41) is 11.3. The monoisotopic (exact) mass is 391 g/mol. The van der Waals surface area contributed by atoms with E-state index in [2.05, 4.69) is 9.80 Å². The van der Waals surface area contributed by atoms with Crippen molar-refractivity contribution < 1.29 is 14.4 Å². The molecule has 1 aliphatic heterocycles. The first-order chi connectivity index (χ1) is 13.0. The number of hydrogen-bond acceptors (Lipinski definition) is 6. The summed E-state index contributed by atoms with van der Waals surface area (Å²) >= 11 is 6.26. The van der Waals surface area contributed by atoms with Crippen LogP contribution in [0.5, 0.6) is 11.5 Å². The van der Waals surface area contributed by atoms with E-state index in [1.54, 1.807) is 20.3 Å². The summed E-state index contributed by atoms with van der Waals surface area (Å²) in [5.41, 5.74) is 1.92. The minimum Gasteiger partial charge on any atom is -0.497 e. The number of anilines is 1. The minimum absolute atomic E-state index is 0.00695. The highest BCUT2D eigenvalue weighted by Crippen LogP contribution is 2.31. The van der Waals surface area contributed by atoms with Gasteiger partial charge in [-0.15, -0.1) is 0 Å². The lowest BCUT2D eigenvalue weighted by Crippen LogP contribution is -2.46. The van der Waals surface area contributed by atoms with Gasteiger partial charge in [-0.25, -0.2) is 0 Å². The molecule has 0 N–H and O–H groups in total. The van der Waals surface area contributed by atoms with Crippen LogP contribution in [0.25, 0.3) is 0 Å². The number of methoxy groups -OCH3 is 2. The van der Waals surface area contributed by atoms with Crippen LogP contribution in [0.3, 0.4) is 0 Å². The Balaban J connectivity index is 1.65. The number of piperazine rings is 1. The fraction of sp³-hybridized carbons (Fsp3) is 0.368. The van der Waals surface area contributed by atoms with Crippen molar-refractivity contribution >= 4 is 23.0 Å². The summed E-state index contributed by atoms with van der Waals surface area (Å²) in [4.78, 5) is 14.9. The van der Waals surface area contributed by atoms with Gasteiger partial charge in [0, 0.05) is 50.4 Å². The highest BCUT2D eigenvalue weighted by molar-refractivity contribution is 6.33. The molecule has 0 bridgehead atoms. The van der Waals surface area contributed by atoms with Gasteiger partial charge in [0.15, 0.2) is 0 Å². The molecule has 0 radical (unpaired) electrons. The van der Waals surface area contributed by atoms with Gasteiger partial charge in [-0.1, -0.05) is 11.6 Å². The molecule has 1 fully saturated rings. The normalized spacial score (nSPS) is 14.9. The number of benzene rings is 2. The zero-order valence-electron chi connectivity index (χ0n) is 15.4. The Morgan fingerprint density at radius 3 is 2.41 bits per heavy atom. The van der Waals surface area contributed by atoms with Gasteiger partial charge in [0.25, 0.3) is 5.69 Å². The van der Waals surface area contributed by atoms with Crippen molar-refractivity contribution in [3.05, 3.63) is 57.1 Å². The molecule has 0 aromatic heterocycles. The molecule has 7 nitrogen and oxygen atoms in total. The average Bonchev–Trinajstić information content (AvgIpc) is 2.68. The summed E-state index contributed by atoms with van der Waals surface area (Å²) in [6.45, 7) is 4.07. The van der Waals surface area contributed by atoms with Gasteiger partial charge in [-0.2, -0.15) is 0 Å². The van der Waals surface area contributed by atoms with E-state index in [1.807, 2.05) is 18.2 Å². The first-order valence-electron chi connectivity index (χ1n) is 8.64. The molecular weight excluding hydrogens is 370 g/mol. The maximum atomic E-state index is 10.9. The number of non-ortho nitro benzene ring substituents is 1. The zero-order valence-corrected chi connectivity index (χ0v) is 16.1. The Hall–Kier alpha value is -2.51. The molecule has 0 amide bonds. The second kappa shape index (κ2) is 8.45. The summed E-state index contributed by atoms with van der Waals surface area (Å²) in [7, 11) is 3.32. The molecule has 1 aliphatic rings. The number of nitro groups is 1. The molecule has 144 valence electrons. The van der Waals surface area contributed by atoms with Crippen LogP contribution < -0.4 is 14.4 Å². The maximum Gasteiger partial charge on any atom is 0.271 e. The molecule has 8 heteroatoms. The minimum atomic E-state index is -0.435. The Bertz CT molecular complexity index is 823. The van der Waals surface area contributed by atoms with Crippen molar-refractivity contribution in [1.29, 1.82) is 0 Å². The van der Waals surface area contributed by atoms with Crippen molar-refractivity contribution in [1.82, 2.24) is 4.90 Å². The Kier molecular flexibility index (Phi) is 6.03. The van der Waals surface area contributed by atoms with Gasteiger partial charge in [-0.3, -0.25) is 15.0 Å². The molecule has 1 heterocycles. The molecule has 0 aliphatic carbocycles. The molecule has 1 saturated heterocycles. The molecular formula is C19H22ClN3O4. The van der Waals surface area contributed by atoms with Crippen LogP contribution >= 0.6 is 11.6 Å². The highest BCUT2D eigenvalue weighted by Gasteiger charge is 2.21. The van der Waals surface area contributed by atoms with Crippen LogP contribution in [-0.2, 0) is 6.54 Å². The average molecular weight is 392 g/mol. The third-order valence-corrected chi connectivity index (χ3v) is 5.04. The topological polar surface area (TPSA) is 68.1 Å². The quantitative estimate of drug-likeness (QED) is 0.553. The van der Waals surface area contributed by atoms with E-state index in [0.29, 0.717) is 5.02 Å². The van der Waals surface area contributed by atoms with E-state index < -0.39 is 4.92 Å². The first kappa shape index (κ1) is 19.3.